The Bertz CT molecular complexity index is 385. The van der Waals surface area contributed by atoms with Gasteiger partial charge in [-0.2, -0.15) is 0 Å². The summed E-state index contributed by atoms with van der Waals surface area (Å²) in [5.41, 5.74) is 1.45. The van der Waals surface area contributed by atoms with E-state index in [2.05, 4.69) is 20.8 Å². The van der Waals surface area contributed by atoms with E-state index in [0.29, 0.717) is 0 Å². The molecule has 114 valence electrons. The average molecular weight is 274 g/mol. The molecule has 4 aliphatic carbocycles. The van der Waals surface area contributed by atoms with Crippen molar-refractivity contribution < 1.29 is 0 Å². The highest BCUT2D eigenvalue weighted by molar-refractivity contribution is 5.07. The van der Waals surface area contributed by atoms with Gasteiger partial charge < -0.3 is 0 Å². The van der Waals surface area contributed by atoms with Crippen molar-refractivity contribution in [1.82, 2.24) is 0 Å². The molecule has 20 heavy (non-hydrogen) atoms. The molecule has 7 atom stereocenters. The Kier molecular flexibility index (Phi) is 3.07. The predicted molar refractivity (Wildman–Crippen MR) is 85.5 cm³/mol. The van der Waals surface area contributed by atoms with E-state index in [-0.39, 0.29) is 0 Å². The topological polar surface area (TPSA) is 0 Å². The molecule has 0 spiro atoms. The summed E-state index contributed by atoms with van der Waals surface area (Å²) in [5, 5.41) is 0. The van der Waals surface area contributed by atoms with E-state index in [1.54, 1.807) is 44.9 Å². The Labute approximate surface area is 126 Å². The van der Waals surface area contributed by atoms with Crippen LogP contribution in [-0.2, 0) is 0 Å². The SMILES string of the molecule is CC1C[C@H]2[C@@H]3CCC4CCCC[C@]4(C)[C@@H]3CC[C@]2(C)C1. The molecule has 0 heterocycles. The Morgan fingerprint density at radius 3 is 2.55 bits per heavy atom. The Balaban J connectivity index is 1.64. The number of hydrogen-bond acceptors (Lipinski definition) is 0. The summed E-state index contributed by atoms with van der Waals surface area (Å²) in [7, 11) is 0. The van der Waals surface area contributed by atoms with Crippen LogP contribution in [0.3, 0.4) is 0 Å². The minimum absolute atomic E-state index is 0.721. The van der Waals surface area contributed by atoms with E-state index in [9.17, 15) is 0 Å². The van der Waals surface area contributed by atoms with Crippen molar-refractivity contribution in [2.45, 2.75) is 85.0 Å². The second-order valence-electron chi connectivity index (χ2n) is 9.64. The summed E-state index contributed by atoms with van der Waals surface area (Å²) in [4.78, 5) is 0. The fourth-order valence-corrected chi connectivity index (χ4v) is 7.72. The van der Waals surface area contributed by atoms with Crippen LogP contribution in [0.15, 0.2) is 0 Å². The van der Waals surface area contributed by atoms with Gasteiger partial charge in [0, 0.05) is 0 Å². The van der Waals surface area contributed by atoms with Gasteiger partial charge in [0.15, 0.2) is 0 Å². The van der Waals surface area contributed by atoms with Crippen molar-refractivity contribution in [2.75, 3.05) is 0 Å². The third-order valence-electron chi connectivity index (χ3n) is 8.57. The number of rotatable bonds is 0. The lowest BCUT2D eigenvalue weighted by atomic mass is 9.45. The summed E-state index contributed by atoms with van der Waals surface area (Å²) >= 11 is 0. The van der Waals surface area contributed by atoms with Gasteiger partial charge in [-0.3, -0.25) is 0 Å². The smallest absolute Gasteiger partial charge is 0.0266 e. The molecule has 0 saturated heterocycles. The summed E-state index contributed by atoms with van der Waals surface area (Å²) in [6, 6.07) is 0. The van der Waals surface area contributed by atoms with E-state index in [1.165, 1.54) is 19.3 Å². The molecule has 2 unspecified atom stereocenters. The molecule has 4 fully saturated rings. The van der Waals surface area contributed by atoms with Gasteiger partial charge in [-0.1, -0.05) is 33.6 Å². The zero-order valence-electron chi connectivity index (χ0n) is 14.0. The van der Waals surface area contributed by atoms with Gasteiger partial charge in [0.1, 0.15) is 0 Å². The summed E-state index contributed by atoms with van der Waals surface area (Å²) < 4.78 is 0. The normalized spacial score (nSPS) is 58.6. The van der Waals surface area contributed by atoms with Gasteiger partial charge in [-0.25, -0.2) is 0 Å². The maximum atomic E-state index is 2.70. The zero-order valence-corrected chi connectivity index (χ0v) is 14.0. The molecule has 0 heteroatoms. The predicted octanol–water partition coefficient (Wildman–Crippen LogP) is 6.06. The van der Waals surface area contributed by atoms with Gasteiger partial charge in [0.2, 0.25) is 0 Å². The highest BCUT2D eigenvalue weighted by Crippen LogP contribution is 2.66. The molecule has 0 aliphatic heterocycles. The molecular formula is C20H34. The molecule has 0 aromatic carbocycles. The molecule has 4 saturated carbocycles. The molecular weight excluding hydrogens is 240 g/mol. The Hall–Kier alpha value is 0. The lowest BCUT2D eigenvalue weighted by Gasteiger charge is -2.60. The van der Waals surface area contributed by atoms with Gasteiger partial charge in [-0.05, 0) is 91.8 Å². The third kappa shape index (κ3) is 1.78. The maximum Gasteiger partial charge on any atom is -0.0266 e. The Morgan fingerprint density at radius 2 is 1.70 bits per heavy atom. The maximum absolute atomic E-state index is 2.70. The molecule has 4 rings (SSSR count). The molecule has 0 bridgehead atoms. The first kappa shape index (κ1) is 13.6. The molecule has 0 aromatic heterocycles. The van der Waals surface area contributed by atoms with Gasteiger partial charge in [0.25, 0.3) is 0 Å². The van der Waals surface area contributed by atoms with Crippen molar-refractivity contribution in [2.24, 2.45) is 40.4 Å². The highest BCUT2D eigenvalue weighted by atomic mass is 14.6. The Morgan fingerprint density at radius 1 is 0.850 bits per heavy atom. The monoisotopic (exact) mass is 274 g/mol. The van der Waals surface area contributed by atoms with Crippen molar-refractivity contribution in [3.05, 3.63) is 0 Å². The van der Waals surface area contributed by atoms with Crippen molar-refractivity contribution in [3.63, 3.8) is 0 Å². The van der Waals surface area contributed by atoms with E-state index in [0.717, 1.165) is 40.4 Å². The summed E-state index contributed by atoms with van der Waals surface area (Å²) in [5.74, 6) is 5.35. The standard InChI is InChI=1S/C20H34/c1-14-12-18-16-8-7-15-6-4-5-10-20(15,3)17(16)9-11-19(18,2)13-14/h14-18H,4-13H2,1-3H3/t14?,15?,16-,17-,18+,19-,20+/m1/s1. The number of hydrogen-bond donors (Lipinski definition) is 0. The summed E-state index contributed by atoms with van der Waals surface area (Å²) in [6.07, 6.45) is 15.5. The van der Waals surface area contributed by atoms with Crippen LogP contribution in [0.5, 0.6) is 0 Å². The van der Waals surface area contributed by atoms with Crippen LogP contribution in [0.2, 0.25) is 0 Å². The van der Waals surface area contributed by atoms with Crippen LogP contribution < -0.4 is 0 Å². The van der Waals surface area contributed by atoms with Crippen LogP contribution in [0, 0.1) is 40.4 Å². The molecule has 0 aromatic rings. The molecule has 4 aliphatic rings. The van der Waals surface area contributed by atoms with Gasteiger partial charge >= 0.3 is 0 Å². The molecule has 0 nitrogen and oxygen atoms in total. The second kappa shape index (κ2) is 4.50. The molecule has 0 N–H and O–H groups in total. The molecule has 0 amide bonds. The fourth-order valence-electron chi connectivity index (χ4n) is 7.72. The van der Waals surface area contributed by atoms with Crippen LogP contribution in [-0.4, -0.2) is 0 Å². The lowest BCUT2D eigenvalue weighted by Crippen LogP contribution is -2.51. The van der Waals surface area contributed by atoms with Crippen LogP contribution in [0.4, 0.5) is 0 Å². The minimum atomic E-state index is 0.721. The van der Waals surface area contributed by atoms with Crippen molar-refractivity contribution in [1.29, 1.82) is 0 Å². The fraction of sp³-hybridized carbons (Fsp3) is 1.00. The first-order valence-corrected chi connectivity index (χ1v) is 9.53. The second-order valence-corrected chi connectivity index (χ2v) is 9.64. The third-order valence-corrected chi connectivity index (χ3v) is 8.57. The van der Waals surface area contributed by atoms with Gasteiger partial charge in [-0.15, -0.1) is 0 Å². The van der Waals surface area contributed by atoms with Crippen LogP contribution in [0.25, 0.3) is 0 Å². The zero-order chi connectivity index (χ0) is 14.0. The van der Waals surface area contributed by atoms with E-state index >= 15 is 0 Å². The van der Waals surface area contributed by atoms with E-state index in [1.807, 2.05) is 0 Å². The first-order valence-electron chi connectivity index (χ1n) is 9.53. The van der Waals surface area contributed by atoms with Crippen molar-refractivity contribution in [3.8, 4) is 0 Å². The highest BCUT2D eigenvalue weighted by Gasteiger charge is 2.57. The van der Waals surface area contributed by atoms with Gasteiger partial charge in [0.05, 0.1) is 0 Å². The van der Waals surface area contributed by atoms with Crippen LogP contribution in [0.1, 0.15) is 85.0 Å². The van der Waals surface area contributed by atoms with Crippen LogP contribution >= 0.6 is 0 Å². The largest absolute Gasteiger partial charge is 0.0625 e. The summed E-state index contributed by atoms with van der Waals surface area (Å²) in [6.45, 7) is 7.87. The quantitative estimate of drug-likeness (QED) is 0.504. The van der Waals surface area contributed by atoms with E-state index in [4.69, 9.17) is 0 Å². The number of fused-ring (bicyclic) bond motifs is 5. The molecule has 0 radical (unpaired) electrons. The average Bonchev–Trinajstić information content (AvgIpc) is 2.72. The lowest BCUT2D eigenvalue weighted by molar-refractivity contribution is -0.103. The first-order chi connectivity index (χ1) is 9.53. The minimum Gasteiger partial charge on any atom is -0.0625 e. The van der Waals surface area contributed by atoms with Crippen molar-refractivity contribution >= 4 is 0 Å². The van der Waals surface area contributed by atoms with E-state index < -0.39 is 0 Å².